The molecule has 5 nitrogen and oxygen atoms in total. The summed E-state index contributed by atoms with van der Waals surface area (Å²) in [6, 6.07) is 16.1. The van der Waals surface area contributed by atoms with Gasteiger partial charge in [0.05, 0.1) is 27.3 Å². The van der Waals surface area contributed by atoms with Crippen molar-refractivity contribution in [2.75, 3.05) is 12.9 Å². The van der Waals surface area contributed by atoms with Crippen LogP contribution in [0.25, 0.3) is 0 Å². The van der Waals surface area contributed by atoms with Crippen molar-refractivity contribution in [2.24, 2.45) is 0 Å². The molecule has 1 amide bonds. The first kappa shape index (κ1) is 19.8. The van der Waals surface area contributed by atoms with E-state index in [1.807, 2.05) is 37.3 Å². The van der Waals surface area contributed by atoms with Crippen molar-refractivity contribution in [2.45, 2.75) is 30.7 Å². The van der Waals surface area contributed by atoms with E-state index in [1.165, 1.54) is 6.26 Å². The molecular weight excluding hydrogens is 350 g/mol. The predicted octanol–water partition coefficient (Wildman–Crippen LogP) is 3.24. The van der Waals surface area contributed by atoms with Gasteiger partial charge in [0.1, 0.15) is 0 Å². The van der Waals surface area contributed by atoms with Crippen LogP contribution in [0.3, 0.4) is 0 Å². The van der Waals surface area contributed by atoms with Crippen molar-refractivity contribution in [3.8, 4) is 0 Å². The van der Waals surface area contributed by atoms with Crippen LogP contribution in [0.2, 0.25) is 0 Å². The topological polar surface area (TPSA) is 72.5 Å². The summed E-state index contributed by atoms with van der Waals surface area (Å²) in [5.41, 5.74) is 1.23. The molecular formula is C20H23NO4S. The maximum absolute atomic E-state index is 12.2. The molecule has 0 aromatic heterocycles. The Hall–Kier alpha value is -2.47. The van der Waals surface area contributed by atoms with Gasteiger partial charge < -0.3 is 10.1 Å². The smallest absolute Gasteiger partial charge is 0.339 e. The molecule has 0 aliphatic rings. The van der Waals surface area contributed by atoms with Crippen LogP contribution < -0.4 is 5.32 Å². The van der Waals surface area contributed by atoms with Crippen LogP contribution in [0.1, 0.15) is 41.7 Å². The number of hydrogen-bond acceptors (Lipinski definition) is 4. The third kappa shape index (κ3) is 5.52. The molecule has 138 valence electrons. The summed E-state index contributed by atoms with van der Waals surface area (Å²) in [4.78, 5) is 24.8. The average Bonchev–Trinajstić information content (AvgIpc) is 2.66. The van der Waals surface area contributed by atoms with E-state index in [0.717, 1.165) is 18.4 Å². The predicted molar refractivity (Wildman–Crippen MR) is 101 cm³/mol. The van der Waals surface area contributed by atoms with E-state index >= 15 is 0 Å². The molecule has 0 aliphatic carbocycles. The quantitative estimate of drug-likeness (QED) is 0.721. The Bertz CT molecular complexity index is 776. The van der Waals surface area contributed by atoms with Gasteiger partial charge in [-0.25, -0.2) is 4.79 Å². The molecule has 2 aromatic carbocycles. The van der Waals surface area contributed by atoms with Gasteiger partial charge in [0.2, 0.25) is 0 Å². The SMILES string of the molecule is CCC[C@@H](NC(=O)COC(=O)c1ccccc1[S@](C)=O)c1ccccc1. The van der Waals surface area contributed by atoms with Crippen LogP contribution >= 0.6 is 0 Å². The fraction of sp³-hybridized carbons (Fsp3) is 0.300. The summed E-state index contributed by atoms with van der Waals surface area (Å²) < 4.78 is 16.8. The average molecular weight is 373 g/mol. The third-order valence-electron chi connectivity index (χ3n) is 3.87. The zero-order chi connectivity index (χ0) is 18.9. The minimum Gasteiger partial charge on any atom is -0.452 e. The Morgan fingerprint density at radius 3 is 2.38 bits per heavy atom. The van der Waals surface area contributed by atoms with Gasteiger partial charge in [-0.1, -0.05) is 55.8 Å². The second-order valence-corrected chi connectivity index (χ2v) is 7.19. The van der Waals surface area contributed by atoms with E-state index in [-0.39, 0.29) is 24.1 Å². The largest absolute Gasteiger partial charge is 0.452 e. The van der Waals surface area contributed by atoms with Gasteiger partial charge >= 0.3 is 5.97 Å². The molecule has 0 aliphatic heterocycles. The highest BCUT2D eigenvalue weighted by atomic mass is 32.2. The minimum absolute atomic E-state index is 0.122. The molecule has 2 aromatic rings. The fourth-order valence-corrected chi connectivity index (χ4v) is 3.36. The maximum Gasteiger partial charge on any atom is 0.339 e. The number of carbonyl (C=O) groups is 2. The van der Waals surface area contributed by atoms with Gasteiger partial charge in [-0.15, -0.1) is 0 Å². The van der Waals surface area contributed by atoms with E-state index in [0.29, 0.717) is 4.90 Å². The molecule has 26 heavy (non-hydrogen) atoms. The Balaban J connectivity index is 1.97. The maximum atomic E-state index is 12.2. The van der Waals surface area contributed by atoms with Crippen molar-refractivity contribution in [1.29, 1.82) is 0 Å². The molecule has 6 heteroatoms. The van der Waals surface area contributed by atoms with Crippen molar-refractivity contribution < 1.29 is 18.5 Å². The lowest BCUT2D eigenvalue weighted by molar-refractivity contribution is -0.125. The molecule has 1 N–H and O–H groups in total. The highest BCUT2D eigenvalue weighted by molar-refractivity contribution is 7.84. The number of carbonyl (C=O) groups excluding carboxylic acids is 2. The lowest BCUT2D eigenvalue weighted by Crippen LogP contribution is -2.32. The Morgan fingerprint density at radius 2 is 1.73 bits per heavy atom. The van der Waals surface area contributed by atoms with Gasteiger partial charge in [0.25, 0.3) is 5.91 Å². The number of hydrogen-bond donors (Lipinski definition) is 1. The minimum atomic E-state index is -1.31. The summed E-state index contributed by atoms with van der Waals surface area (Å²) in [5.74, 6) is -1.02. The van der Waals surface area contributed by atoms with Gasteiger partial charge in [0, 0.05) is 6.26 Å². The van der Waals surface area contributed by atoms with Crippen LogP contribution in [0.4, 0.5) is 0 Å². The van der Waals surface area contributed by atoms with Crippen LogP contribution in [0.15, 0.2) is 59.5 Å². The highest BCUT2D eigenvalue weighted by Gasteiger charge is 2.18. The van der Waals surface area contributed by atoms with Crippen LogP contribution in [0, 0.1) is 0 Å². The number of nitrogens with one attached hydrogen (secondary N) is 1. The lowest BCUT2D eigenvalue weighted by Gasteiger charge is -2.18. The van der Waals surface area contributed by atoms with E-state index in [2.05, 4.69) is 5.32 Å². The van der Waals surface area contributed by atoms with Crippen LogP contribution in [-0.4, -0.2) is 28.9 Å². The molecule has 0 spiro atoms. The van der Waals surface area contributed by atoms with Gasteiger partial charge in [-0.05, 0) is 24.1 Å². The monoisotopic (exact) mass is 373 g/mol. The molecule has 0 fully saturated rings. The zero-order valence-corrected chi connectivity index (χ0v) is 15.8. The molecule has 0 bridgehead atoms. The molecule has 0 heterocycles. The molecule has 2 atom stereocenters. The lowest BCUT2D eigenvalue weighted by atomic mass is 10.0. The second kappa shape index (κ2) is 9.87. The van der Waals surface area contributed by atoms with Gasteiger partial charge in [-0.3, -0.25) is 9.00 Å². The number of esters is 1. The first-order valence-corrected chi connectivity index (χ1v) is 10.0. The molecule has 2 rings (SSSR count). The molecule has 0 radical (unpaired) electrons. The molecule has 0 saturated carbocycles. The number of rotatable bonds is 8. The number of ether oxygens (including phenoxy) is 1. The van der Waals surface area contributed by atoms with E-state index in [9.17, 15) is 13.8 Å². The summed E-state index contributed by atoms with van der Waals surface area (Å²) in [6.07, 6.45) is 3.20. The van der Waals surface area contributed by atoms with E-state index in [4.69, 9.17) is 4.74 Å². The first-order valence-electron chi connectivity index (χ1n) is 8.46. The van der Waals surface area contributed by atoms with Crippen LogP contribution in [-0.2, 0) is 20.3 Å². The van der Waals surface area contributed by atoms with Gasteiger partial charge in [-0.2, -0.15) is 0 Å². The Morgan fingerprint density at radius 1 is 1.08 bits per heavy atom. The summed E-state index contributed by atoms with van der Waals surface area (Å²) in [6.45, 7) is 1.67. The van der Waals surface area contributed by atoms with E-state index in [1.54, 1.807) is 24.3 Å². The van der Waals surface area contributed by atoms with E-state index < -0.39 is 16.8 Å². The fourth-order valence-electron chi connectivity index (χ4n) is 2.63. The normalized spacial score (nSPS) is 12.8. The second-order valence-electron chi connectivity index (χ2n) is 5.85. The Labute approximate surface area is 156 Å². The van der Waals surface area contributed by atoms with Crippen molar-refractivity contribution in [1.82, 2.24) is 5.32 Å². The highest BCUT2D eigenvalue weighted by Crippen LogP contribution is 2.18. The zero-order valence-electron chi connectivity index (χ0n) is 14.9. The molecule has 0 unspecified atom stereocenters. The van der Waals surface area contributed by atoms with Crippen molar-refractivity contribution in [3.63, 3.8) is 0 Å². The standard InChI is InChI=1S/C20H23NO4S/c1-3-9-17(15-10-5-4-6-11-15)21-19(22)14-25-20(23)16-12-7-8-13-18(16)26(2)24/h4-8,10-13,17H,3,9,14H2,1-2H3,(H,21,22)/t17-,26+/m1/s1. The molecule has 0 saturated heterocycles. The summed E-state index contributed by atoms with van der Waals surface area (Å²) >= 11 is 0. The summed E-state index contributed by atoms with van der Waals surface area (Å²) in [7, 11) is -1.31. The van der Waals surface area contributed by atoms with Gasteiger partial charge in [0.15, 0.2) is 6.61 Å². The van der Waals surface area contributed by atoms with Crippen molar-refractivity contribution in [3.05, 3.63) is 65.7 Å². The summed E-state index contributed by atoms with van der Waals surface area (Å²) in [5, 5.41) is 2.90. The van der Waals surface area contributed by atoms with Crippen LogP contribution in [0.5, 0.6) is 0 Å². The Kier molecular flexibility index (Phi) is 7.53. The first-order chi connectivity index (χ1) is 12.5. The number of amides is 1. The third-order valence-corrected chi connectivity index (χ3v) is 4.84. The van der Waals surface area contributed by atoms with Crippen molar-refractivity contribution >= 4 is 22.7 Å². The number of benzene rings is 2.